The van der Waals surface area contributed by atoms with Gasteiger partial charge in [0.15, 0.2) is 6.61 Å². The van der Waals surface area contributed by atoms with Gasteiger partial charge in [0.25, 0.3) is 11.8 Å². The standard InChI is InChI=1S/C17H17BrClN3O3/c18-12-9-15(20-10-12)17(24)22-7-5-21(6-8-22)16(23)11-25-14-3-1-13(19)2-4-14/h1-4,9-10,20H,5-8,11H2. The summed E-state index contributed by atoms with van der Waals surface area (Å²) in [6.45, 7) is 1.97. The number of nitrogens with one attached hydrogen (secondary N) is 1. The average Bonchev–Trinajstić information content (AvgIpc) is 3.07. The van der Waals surface area contributed by atoms with Crippen molar-refractivity contribution in [2.24, 2.45) is 0 Å². The van der Waals surface area contributed by atoms with Gasteiger partial charge in [-0.15, -0.1) is 0 Å². The number of aromatic nitrogens is 1. The van der Waals surface area contributed by atoms with E-state index in [4.69, 9.17) is 16.3 Å². The minimum Gasteiger partial charge on any atom is -0.484 e. The Morgan fingerprint density at radius 2 is 1.76 bits per heavy atom. The van der Waals surface area contributed by atoms with E-state index in [0.717, 1.165) is 4.47 Å². The van der Waals surface area contributed by atoms with Gasteiger partial charge >= 0.3 is 0 Å². The predicted octanol–water partition coefficient (Wildman–Crippen LogP) is 2.79. The van der Waals surface area contributed by atoms with E-state index in [1.165, 1.54) is 0 Å². The lowest BCUT2D eigenvalue weighted by Gasteiger charge is -2.34. The molecule has 3 rings (SSSR count). The lowest BCUT2D eigenvalue weighted by atomic mass is 10.2. The Bertz CT molecular complexity index is 755. The highest BCUT2D eigenvalue weighted by Gasteiger charge is 2.25. The van der Waals surface area contributed by atoms with Crippen molar-refractivity contribution < 1.29 is 14.3 Å². The van der Waals surface area contributed by atoms with E-state index in [1.54, 1.807) is 46.3 Å². The first-order chi connectivity index (χ1) is 12.0. The van der Waals surface area contributed by atoms with Gasteiger partial charge in [-0.1, -0.05) is 11.6 Å². The van der Waals surface area contributed by atoms with Gasteiger partial charge in [-0.25, -0.2) is 0 Å². The molecule has 1 N–H and O–H groups in total. The highest BCUT2D eigenvalue weighted by Crippen LogP contribution is 2.16. The van der Waals surface area contributed by atoms with Crippen molar-refractivity contribution in [1.29, 1.82) is 0 Å². The van der Waals surface area contributed by atoms with Crippen molar-refractivity contribution in [3.63, 3.8) is 0 Å². The molecule has 1 saturated heterocycles. The third-order valence-corrected chi connectivity index (χ3v) is 4.68. The molecule has 0 bridgehead atoms. The van der Waals surface area contributed by atoms with Crippen LogP contribution >= 0.6 is 27.5 Å². The number of halogens is 2. The zero-order valence-corrected chi connectivity index (χ0v) is 15.7. The van der Waals surface area contributed by atoms with Crippen LogP contribution in [0.1, 0.15) is 10.5 Å². The molecular weight excluding hydrogens is 410 g/mol. The van der Waals surface area contributed by atoms with E-state index in [9.17, 15) is 9.59 Å². The predicted molar refractivity (Wildman–Crippen MR) is 97.9 cm³/mol. The number of piperazine rings is 1. The van der Waals surface area contributed by atoms with Crippen molar-refractivity contribution in [3.05, 3.63) is 51.7 Å². The Kier molecular flexibility index (Phi) is 5.65. The summed E-state index contributed by atoms with van der Waals surface area (Å²) < 4.78 is 6.32. The van der Waals surface area contributed by atoms with Crippen molar-refractivity contribution >= 4 is 39.3 Å². The van der Waals surface area contributed by atoms with Crippen LogP contribution in [0.5, 0.6) is 5.75 Å². The van der Waals surface area contributed by atoms with Gasteiger partial charge < -0.3 is 19.5 Å². The second-order valence-electron chi connectivity index (χ2n) is 5.65. The number of hydrogen-bond donors (Lipinski definition) is 1. The first-order valence-corrected chi connectivity index (χ1v) is 8.99. The summed E-state index contributed by atoms with van der Waals surface area (Å²) in [7, 11) is 0. The number of benzene rings is 1. The van der Waals surface area contributed by atoms with Crippen LogP contribution in [-0.2, 0) is 4.79 Å². The van der Waals surface area contributed by atoms with Crippen molar-refractivity contribution in [1.82, 2.24) is 14.8 Å². The van der Waals surface area contributed by atoms with Gasteiger partial charge in [0.05, 0.1) is 0 Å². The smallest absolute Gasteiger partial charge is 0.270 e. The van der Waals surface area contributed by atoms with Crippen LogP contribution in [0.15, 0.2) is 41.0 Å². The van der Waals surface area contributed by atoms with Gasteiger partial charge in [-0.05, 0) is 46.3 Å². The highest BCUT2D eigenvalue weighted by atomic mass is 79.9. The molecule has 6 nitrogen and oxygen atoms in total. The molecule has 25 heavy (non-hydrogen) atoms. The monoisotopic (exact) mass is 425 g/mol. The Morgan fingerprint density at radius 3 is 2.36 bits per heavy atom. The van der Waals surface area contributed by atoms with E-state index in [-0.39, 0.29) is 18.4 Å². The molecule has 0 saturated carbocycles. The molecule has 0 spiro atoms. The largest absolute Gasteiger partial charge is 0.484 e. The highest BCUT2D eigenvalue weighted by molar-refractivity contribution is 9.10. The first kappa shape index (κ1) is 17.8. The van der Waals surface area contributed by atoms with E-state index >= 15 is 0 Å². The van der Waals surface area contributed by atoms with Gasteiger partial charge in [0, 0.05) is 41.9 Å². The van der Waals surface area contributed by atoms with Crippen LogP contribution < -0.4 is 4.74 Å². The van der Waals surface area contributed by atoms with Crippen LogP contribution in [0.2, 0.25) is 5.02 Å². The van der Waals surface area contributed by atoms with Gasteiger partial charge in [0.2, 0.25) is 0 Å². The lowest BCUT2D eigenvalue weighted by molar-refractivity contribution is -0.134. The van der Waals surface area contributed by atoms with Crippen LogP contribution in [0, 0.1) is 0 Å². The van der Waals surface area contributed by atoms with Gasteiger partial charge in [-0.3, -0.25) is 9.59 Å². The summed E-state index contributed by atoms with van der Waals surface area (Å²) in [4.78, 5) is 31.0. The fourth-order valence-corrected chi connectivity index (χ4v) is 3.06. The Labute approximate surface area is 158 Å². The average molecular weight is 427 g/mol. The summed E-state index contributed by atoms with van der Waals surface area (Å²) in [5.74, 6) is 0.448. The van der Waals surface area contributed by atoms with E-state index < -0.39 is 0 Å². The number of hydrogen-bond acceptors (Lipinski definition) is 3. The SMILES string of the molecule is O=C(COc1ccc(Cl)cc1)N1CCN(C(=O)c2cc(Br)c[nH]2)CC1. The van der Waals surface area contributed by atoms with Gasteiger partial charge in [0.1, 0.15) is 11.4 Å². The Balaban J connectivity index is 1.47. The second-order valence-corrected chi connectivity index (χ2v) is 7.00. The molecule has 1 fully saturated rings. The lowest BCUT2D eigenvalue weighted by Crippen LogP contribution is -2.51. The van der Waals surface area contributed by atoms with Crippen molar-refractivity contribution in [2.75, 3.05) is 32.8 Å². The number of ether oxygens (including phenoxy) is 1. The molecule has 0 radical (unpaired) electrons. The molecule has 0 atom stereocenters. The van der Waals surface area contributed by atoms with E-state index in [2.05, 4.69) is 20.9 Å². The molecule has 2 aromatic rings. The molecule has 1 aliphatic rings. The Morgan fingerprint density at radius 1 is 1.12 bits per heavy atom. The third kappa shape index (κ3) is 4.55. The molecule has 1 aliphatic heterocycles. The molecule has 2 heterocycles. The number of H-pyrrole nitrogens is 1. The summed E-state index contributed by atoms with van der Waals surface area (Å²) in [5, 5.41) is 0.619. The number of carbonyl (C=O) groups is 2. The number of amides is 2. The number of nitrogens with zero attached hydrogens (tertiary/aromatic N) is 2. The fraction of sp³-hybridized carbons (Fsp3) is 0.294. The maximum Gasteiger partial charge on any atom is 0.270 e. The zero-order chi connectivity index (χ0) is 17.8. The minimum absolute atomic E-state index is 0.0286. The molecule has 1 aromatic heterocycles. The van der Waals surface area contributed by atoms with E-state index in [0.29, 0.717) is 42.6 Å². The number of carbonyl (C=O) groups excluding carboxylic acids is 2. The molecule has 132 valence electrons. The fourth-order valence-electron chi connectivity index (χ4n) is 2.59. The maximum atomic E-state index is 12.4. The maximum absolute atomic E-state index is 12.4. The molecule has 0 unspecified atom stereocenters. The quantitative estimate of drug-likeness (QED) is 0.817. The van der Waals surface area contributed by atoms with Crippen LogP contribution in [0.3, 0.4) is 0 Å². The molecule has 2 amide bonds. The molecule has 0 aliphatic carbocycles. The van der Waals surface area contributed by atoms with Crippen molar-refractivity contribution in [2.45, 2.75) is 0 Å². The minimum atomic E-state index is -0.0929. The summed E-state index contributed by atoms with van der Waals surface area (Å²) >= 11 is 9.13. The van der Waals surface area contributed by atoms with Crippen LogP contribution in [-0.4, -0.2) is 59.4 Å². The summed E-state index contributed by atoms with van der Waals surface area (Å²) in [6.07, 6.45) is 1.72. The van der Waals surface area contributed by atoms with Crippen LogP contribution in [0.4, 0.5) is 0 Å². The summed E-state index contributed by atoms with van der Waals surface area (Å²) in [5.41, 5.74) is 0.540. The normalized spacial score (nSPS) is 14.5. The first-order valence-electron chi connectivity index (χ1n) is 7.82. The molecular formula is C17H17BrClN3O3. The molecule has 8 heteroatoms. The van der Waals surface area contributed by atoms with E-state index in [1.807, 2.05) is 0 Å². The zero-order valence-electron chi connectivity index (χ0n) is 13.4. The summed E-state index contributed by atoms with van der Waals surface area (Å²) in [6, 6.07) is 8.62. The van der Waals surface area contributed by atoms with Crippen LogP contribution in [0.25, 0.3) is 0 Å². The topological polar surface area (TPSA) is 65.6 Å². The number of aromatic amines is 1. The third-order valence-electron chi connectivity index (χ3n) is 3.97. The Hall–Kier alpha value is -1.99. The van der Waals surface area contributed by atoms with Crippen molar-refractivity contribution in [3.8, 4) is 5.75 Å². The second kappa shape index (κ2) is 7.93. The van der Waals surface area contributed by atoms with Gasteiger partial charge in [-0.2, -0.15) is 0 Å². The number of rotatable bonds is 4. The molecule has 1 aromatic carbocycles.